The Hall–Kier alpha value is -3.09. The van der Waals surface area contributed by atoms with E-state index in [2.05, 4.69) is 0 Å². The lowest BCUT2D eigenvalue weighted by Crippen LogP contribution is -2.30. The first-order valence-corrected chi connectivity index (χ1v) is 8.02. The molecule has 0 atom stereocenters. The summed E-state index contributed by atoms with van der Waals surface area (Å²) in [5.74, 6) is -2.43. The van der Waals surface area contributed by atoms with E-state index in [9.17, 15) is 23.2 Å². The molecule has 0 bridgehead atoms. The second-order valence-electron chi connectivity index (χ2n) is 6.07. The van der Waals surface area contributed by atoms with Crippen molar-refractivity contribution in [2.24, 2.45) is 0 Å². The molecule has 3 amide bonds. The van der Waals surface area contributed by atoms with Crippen LogP contribution >= 0.6 is 0 Å². The minimum absolute atomic E-state index is 0.0449. The molecule has 1 heterocycles. The Kier molecular flexibility index (Phi) is 4.79. The van der Waals surface area contributed by atoms with Crippen LogP contribution in [0, 0.1) is 11.6 Å². The van der Waals surface area contributed by atoms with E-state index in [0.29, 0.717) is 5.69 Å². The van der Waals surface area contributed by atoms with Gasteiger partial charge >= 0.3 is 0 Å². The minimum atomic E-state index is -0.730. The summed E-state index contributed by atoms with van der Waals surface area (Å²) in [7, 11) is 1.49. The van der Waals surface area contributed by atoms with Gasteiger partial charge in [-0.25, -0.2) is 8.78 Å². The first-order valence-electron chi connectivity index (χ1n) is 8.02. The summed E-state index contributed by atoms with van der Waals surface area (Å²) in [6, 6.07) is 9.34. The zero-order valence-corrected chi connectivity index (χ0v) is 14.0. The van der Waals surface area contributed by atoms with Crippen molar-refractivity contribution in [1.82, 2.24) is 4.90 Å². The molecule has 26 heavy (non-hydrogen) atoms. The SMILES string of the molecule is CN(Cc1ccc(F)cc1F)C(=O)c1cccc(N2C(=O)CCC2=O)c1. The van der Waals surface area contributed by atoms with E-state index in [1.54, 1.807) is 18.2 Å². The maximum atomic E-state index is 13.8. The summed E-state index contributed by atoms with van der Waals surface area (Å²) in [6.45, 7) is -0.0449. The van der Waals surface area contributed by atoms with Gasteiger partial charge in [0.2, 0.25) is 11.8 Å². The number of hydrogen-bond acceptors (Lipinski definition) is 3. The van der Waals surface area contributed by atoms with E-state index < -0.39 is 17.5 Å². The molecule has 0 radical (unpaired) electrons. The van der Waals surface area contributed by atoms with Crippen LogP contribution in [0.2, 0.25) is 0 Å². The Labute approximate surface area is 148 Å². The van der Waals surface area contributed by atoms with Crippen LogP contribution in [0.5, 0.6) is 0 Å². The van der Waals surface area contributed by atoms with Crippen LogP contribution in [0.1, 0.15) is 28.8 Å². The fourth-order valence-electron chi connectivity index (χ4n) is 2.84. The minimum Gasteiger partial charge on any atom is -0.337 e. The third-order valence-electron chi connectivity index (χ3n) is 4.17. The van der Waals surface area contributed by atoms with Crippen LogP contribution in [0.25, 0.3) is 0 Å². The average molecular weight is 358 g/mol. The van der Waals surface area contributed by atoms with Crippen LogP contribution in [0.4, 0.5) is 14.5 Å². The molecule has 7 heteroatoms. The largest absolute Gasteiger partial charge is 0.337 e. The number of nitrogens with zero attached hydrogens (tertiary/aromatic N) is 2. The van der Waals surface area contributed by atoms with Crippen LogP contribution < -0.4 is 4.90 Å². The summed E-state index contributed by atoms with van der Waals surface area (Å²) >= 11 is 0. The summed E-state index contributed by atoms with van der Waals surface area (Å²) < 4.78 is 26.8. The van der Waals surface area contributed by atoms with Crippen molar-refractivity contribution in [1.29, 1.82) is 0 Å². The molecule has 0 aromatic heterocycles. The summed E-state index contributed by atoms with van der Waals surface area (Å²) in [5, 5.41) is 0. The molecular formula is C19H16F2N2O3. The number of anilines is 1. The lowest BCUT2D eigenvalue weighted by molar-refractivity contribution is -0.121. The van der Waals surface area contributed by atoms with Gasteiger partial charge < -0.3 is 4.90 Å². The van der Waals surface area contributed by atoms with Crippen molar-refractivity contribution in [3.63, 3.8) is 0 Å². The number of halogens is 2. The second-order valence-corrected chi connectivity index (χ2v) is 6.07. The fourth-order valence-corrected chi connectivity index (χ4v) is 2.84. The number of benzene rings is 2. The third-order valence-corrected chi connectivity index (χ3v) is 4.17. The number of amides is 3. The van der Waals surface area contributed by atoms with Crippen LogP contribution in [-0.2, 0) is 16.1 Å². The maximum absolute atomic E-state index is 13.8. The van der Waals surface area contributed by atoms with Gasteiger partial charge in [0.05, 0.1) is 5.69 Å². The predicted molar refractivity (Wildman–Crippen MR) is 90.3 cm³/mol. The Morgan fingerprint density at radius 1 is 1.08 bits per heavy atom. The van der Waals surface area contributed by atoms with Gasteiger partial charge in [-0.15, -0.1) is 0 Å². The molecule has 2 aromatic carbocycles. The third kappa shape index (κ3) is 3.46. The quantitative estimate of drug-likeness (QED) is 0.790. The molecule has 1 saturated heterocycles. The predicted octanol–water partition coefficient (Wildman–Crippen LogP) is 2.89. The van der Waals surface area contributed by atoms with Crippen molar-refractivity contribution in [3.8, 4) is 0 Å². The number of hydrogen-bond donors (Lipinski definition) is 0. The molecule has 5 nitrogen and oxygen atoms in total. The topological polar surface area (TPSA) is 57.7 Å². The van der Waals surface area contributed by atoms with Gasteiger partial charge in [0.15, 0.2) is 0 Å². The smallest absolute Gasteiger partial charge is 0.253 e. The molecule has 1 aliphatic heterocycles. The Morgan fingerprint density at radius 3 is 2.42 bits per heavy atom. The van der Waals surface area contributed by atoms with Gasteiger partial charge in [-0.05, 0) is 24.3 Å². The van der Waals surface area contributed by atoms with Gasteiger partial charge in [-0.1, -0.05) is 12.1 Å². The number of carbonyl (C=O) groups is 3. The number of imide groups is 1. The monoisotopic (exact) mass is 358 g/mol. The Morgan fingerprint density at radius 2 is 1.77 bits per heavy atom. The number of carbonyl (C=O) groups excluding carboxylic acids is 3. The average Bonchev–Trinajstić information content (AvgIpc) is 2.95. The fraction of sp³-hybridized carbons (Fsp3) is 0.211. The molecule has 0 saturated carbocycles. The molecule has 2 aromatic rings. The van der Waals surface area contributed by atoms with Gasteiger partial charge in [0.25, 0.3) is 5.91 Å². The molecular weight excluding hydrogens is 342 g/mol. The van der Waals surface area contributed by atoms with Gasteiger partial charge in [-0.3, -0.25) is 19.3 Å². The van der Waals surface area contributed by atoms with Gasteiger partial charge in [-0.2, -0.15) is 0 Å². The highest BCUT2D eigenvalue weighted by Crippen LogP contribution is 2.24. The second kappa shape index (κ2) is 7.03. The Bertz CT molecular complexity index is 882. The van der Waals surface area contributed by atoms with Gasteiger partial charge in [0.1, 0.15) is 11.6 Å². The van der Waals surface area contributed by atoms with Crippen molar-refractivity contribution in [3.05, 3.63) is 65.2 Å². The first kappa shape index (κ1) is 17.7. The lowest BCUT2D eigenvalue weighted by atomic mass is 10.1. The van der Waals surface area contributed by atoms with E-state index in [4.69, 9.17) is 0 Å². The lowest BCUT2D eigenvalue weighted by Gasteiger charge is -2.19. The Balaban J connectivity index is 1.80. The molecule has 134 valence electrons. The van der Waals surface area contributed by atoms with Crippen molar-refractivity contribution >= 4 is 23.4 Å². The van der Waals surface area contributed by atoms with E-state index >= 15 is 0 Å². The highest BCUT2D eigenvalue weighted by molar-refractivity contribution is 6.20. The summed E-state index contributed by atoms with van der Waals surface area (Å²) in [4.78, 5) is 38.6. The summed E-state index contributed by atoms with van der Waals surface area (Å²) in [6.07, 6.45) is 0.307. The zero-order chi connectivity index (χ0) is 18.8. The van der Waals surface area contributed by atoms with Crippen LogP contribution in [0.15, 0.2) is 42.5 Å². The molecule has 1 aliphatic rings. The summed E-state index contributed by atoms with van der Waals surface area (Å²) in [5.41, 5.74) is 0.785. The molecule has 3 rings (SSSR count). The zero-order valence-electron chi connectivity index (χ0n) is 14.0. The van der Waals surface area contributed by atoms with Crippen molar-refractivity contribution in [2.75, 3.05) is 11.9 Å². The molecule has 0 spiro atoms. The van der Waals surface area contributed by atoms with E-state index in [-0.39, 0.29) is 42.3 Å². The van der Waals surface area contributed by atoms with E-state index in [0.717, 1.165) is 17.0 Å². The van der Waals surface area contributed by atoms with Crippen LogP contribution in [-0.4, -0.2) is 29.7 Å². The first-order chi connectivity index (χ1) is 12.4. The van der Waals surface area contributed by atoms with E-state index in [1.807, 2.05) is 0 Å². The molecule has 0 aliphatic carbocycles. The highest BCUT2D eigenvalue weighted by atomic mass is 19.1. The van der Waals surface area contributed by atoms with E-state index in [1.165, 1.54) is 24.1 Å². The standard InChI is InChI=1S/C19H16F2N2O3/c1-22(11-13-5-6-14(20)10-16(13)21)19(26)12-3-2-4-15(9-12)23-17(24)7-8-18(23)25/h2-6,9-10H,7-8,11H2,1H3. The molecule has 0 unspecified atom stereocenters. The number of rotatable bonds is 4. The normalized spacial score (nSPS) is 14.0. The molecule has 0 N–H and O–H groups in total. The molecule has 1 fully saturated rings. The van der Waals surface area contributed by atoms with Crippen molar-refractivity contribution in [2.45, 2.75) is 19.4 Å². The maximum Gasteiger partial charge on any atom is 0.253 e. The van der Waals surface area contributed by atoms with Crippen LogP contribution in [0.3, 0.4) is 0 Å². The van der Waals surface area contributed by atoms with Crippen molar-refractivity contribution < 1.29 is 23.2 Å². The highest BCUT2D eigenvalue weighted by Gasteiger charge is 2.30. The van der Waals surface area contributed by atoms with Gasteiger partial charge in [0, 0.05) is 43.6 Å².